The van der Waals surface area contributed by atoms with Crippen molar-refractivity contribution in [3.8, 4) is 0 Å². The number of likely N-dealkylation sites (tertiary alicyclic amines) is 1. The first-order chi connectivity index (χ1) is 11.7. The molecule has 4 nitrogen and oxygen atoms in total. The number of nitrogens with one attached hydrogen (secondary N) is 1. The van der Waals surface area contributed by atoms with Crippen LogP contribution in [0.4, 0.5) is 0 Å². The Labute approximate surface area is 151 Å². The van der Waals surface area contributed by atoms with Gasteiger partial charge in [0.05, 0.1) is 12.3 Å². The van der Waals surface area contributed by atoms with Crippen LogP contribution in [0.3, 0.4) is 0 Å². The number of amides is 1. The van der Waals surface area contributed by atoms with Gasteiger partial charge in [-0.25, -0.2) is 0 Å². The first kappa shape index (κ1) is 17.2. The molecule has 5 heteroatoms. The van der Waals surface area contributed by atoms with Crippen molar-refractivity contribution >= 4 is 21.8 Å². The van der Waals surface area contributed by atoms with E-state index in [1.807, 2.05) is 36.4 Å². The third-order valence-electron chi connectivity index (χ3n) is 4.52. The lowest BCUT2D eigenvalue weighted by Gasteiger charge is -2.29. The van der Waals surface area contributed by atoms with Crippen LogP contribution in [0.5, 0.6) is 0 Å². The molecule has 1 aliphatic heterocycles. The standard InChI is InChI=1S/C19H23BrN2O2/c20-16-9-7-15(8-10-16)19(23)21-14-17(18-6-5-13-24-18)22-11-3-1-2-4-12-22/h5-10,13,17H,1-4,11-12,14H2,(H,21,23). The van der Waals surface area contributed by atoms with Crippen LogP contribution in [0.25, 0.3) is 0 Å². The maximum Gasteiger partial charge on any atom is 0.251 e. The van der Waals surface area contributed by atoms with Crippen LogP contribution in [0, 0.1) is 0 Å². The molecule has 2 heterocycles. The zero-order valence-corrected chi connectivity index (χ0v) is 15.3. The van der Waals surface area contributed by atoms with Crippen molar-refractivity contribution in [3.05, 3.63) is 58.5 Å². The molecule has 24 heavy (non-hydrogen) atoms. The Hall–Kier alpha value is -1.59. The summed E-state index contributed by atoms with van der Waals surface area (Å²) in [5.74, 6) is 0.877. The Morgan fingerprint density at radius 1 is 1.12 bits per heavy atom. The molecule has 1 fully saturated rings. The Balaban J connectivity index is 1.67. The molecule has 1 aromatic carbocycles. The lowest BCUT2D eigenvalue weighted by molar-refractivity contribution is 0.0927. The highest BCUT2D eigenvalue weighted by Crippen LogP contribution is 2.24. The highest BCUT2D eigenvalue weighted by Gasteiger charge is 2.24. The van der Waals surface area contributed by atoms with Gasteiger partial charge in [0.25, 0.3) is 5.91 Å². The van der Waals surface area contributed by atoms with Crippen LogP contribution in [0.15, 0.2) is 51.6 Å². The number of carbonyl (C=O) groups excluding carboxylic acids is 1. The quantitative estimate of drug-likeness (QED) is 0.823. The number of rotatable bonds is 5. The summed E-state index contributed by atoms with van der Waals surface area (Å²) >= 11 is 3.39. The molecular formula is C19H23BrN2O2. The number of hydrogen-bond donors (Lipinski definition) is 1. The van der Waals surface area contributed by atoms with E-state index in [0.29, 0.717) is 12.1 Å². The summed E-state index contributed by atoms with van der Waals surface area (Å²) in [6.45, 7) is 2.67. The molecule has 2 aromatic rings. The summed E-state index contributed by atoms with van der Waals surface area (Å²) < 4.78 is 6.61. The number of furan rings is 1. The fraction of sp³-hybridized carbons (Fsp3) is 0.421. The fourth-order valence-corrected chi connectivity index (χ4v) is 3.45. The maximum atomic E-state index is 12.4. The zero-order valence-electron chi connectivity index (χ0n) is 13.7. The highest BCUT2D eigenvalue weighted by atomic mass is 79.9. The SMILES string of the molecule is O=C(NCC(c1ccco1)N1CCCCCC1)c1ccc(Br)cc1. The molecule has 1 N–H and O–H groups in total. The lowest BCUT2D eigenvalue weighted by atomic mass is 10.1. The minimum atomic E-state index is -0.0473. The van der Waals surface area contributed by atoms with Gasteiger partial charge in [-0.2, -0.15) is 0 Å². The molecule has 1 amide bonds. The predicted molar refractivity (Wildman–Crippen MR) is 98.0 cm³/mol. The fourth-order valence-electron chi connectivity index (χ4n) is 3.19. The summed E-state index contributed by atoms with van der Waals surface area (Å²) in [6, 6.07) is 11.4. The van der Waals surface area contributed by atoms with Gasteiger partial charge in [-0.05, 0) is 62.3 Å². The molecule has 1 unspecified atom stereocenters. The highest BCUT2D eigenvalue weighted by molar-refractivity contribution is 9.10. The van der Waals surface area contributed by atoms with Crippen molar-refractivity contribution in [2.45, 2.75) is 31.7 Å². The molecule has 1 saturated heterocycles. The molecule has 3 rings (SSSR count). The number of nitrogens with zero attached hydrogens (tertiary/aromatic N) is 1. The molecule has 0 spiro atoms. The van der Waals surface area contributed by atoms with E-state index in [9.17, 15) is 4.79 Å². The first-order valence-corrected chi connectivity index (χ1v) is 9.34. The smallest absolute Gasteiger partial charge is 0.251 e. The van der Waals surface area contributed by atoms with Crippen LogP contribution in [-0.2, 0) is 0 Å². The minimum absolute atomic E-state index is 0.0473. The van der Waals surface area contributed by atoms with Crippen molar-refractivity contribution in [3.63, 3.8) is 0 Å². The van der Waals surface area contributed by atoms with Gasteiger partial charge in [0.1, 0.15) is 5.76 Å². The summed E-state index contributed by atoms with van der Waals surface area (Å²) in [5.41, 5.74) is 0.673. The second kappa shape index (κ2) is 8.49. The first-order valence-electron chi connectivity index (χ1n) is 8.55. The minimum Gasteiger partial charge on any atom is -0.468 e. The Bertz CT molecular complexity index is 632. The van der Waals surface area contributed by atoms with Gasteiger partial charge in [-0.15, -0.1) is 0 Å². The molecule has 0 saturated carbocycles. The lowest BCUT2D eigenvalue weighted by Crippen LogP contribution is -2.38. The van der Waals surface area contributed by atoms with E-state index in [2.05, 4.69) is 26.1 Å². The molecular weight excluding hydrogens is 368 g/mol. The maximum absolute atomic E-state index is 12.4. The van der Waals surface area contributed by atoms with Crippen LogP contribution >= 0.6 is 15.9 Å². The van der Waals surface area contributed by atoms with Gasteiger partial charge in [-0.1, -0.05) is 28.8 Å². The number of halogens is 1. The van der Waals surface area contributed by atoms with Gasteiger partial charge < -0.3 is 9.73 Å². The average molecular weight is 391 g/mol. The third kappa shape index (κ3) is 4.48. The number of benzene rings is 1. The molecule has 0 aliphatic carbocycles. The van der Waals surface area contributed by atoms with Crippen LogP contribution in [0.1, 0.15) is 47.8 Å². The van der Waals surface area contributed by atoms with Crippen molar-refractivity contribution in [1.29, 1.82) is 0 Å². The molecule has 0 bridgehead atoms. The average Bonchev–Trinajstić information content (AvgIpc) is 2.98. The molecule has 0 radical (unpaired) electrons. The molecule has 1 aliphatic rings. The van der Waals surface area contributed by atoms with Crippen molar-refractivity contribution in [2.75, 3.05) is 19.6 Å². The van der Waals surface area contributed by atoms with Gasteiger partial charge in [-0.3, -0.25) is 9.69 Å². The van der Waals surface area contributed by atoms with Crippen LogP contribution in [-0.4, -0.2) is 30.4 Å². The number of hydrogen-bond acceptors (Lipinski definition) is 3. The molecule has 1 atom stereocenters. The zero-order chi connectivity index (χ0) is 16.8. The van der Waals surface area contributed by atoms with E-state index in [4.69, 9.17) is 4.42 Å². The van der Waals surface area contributed by atoms with Gasteiger partial charge in [0.15, 0.2) is 0 Å². The second-order valence-electron chi connectivity index (χ2n) is 6.20. The van der Waals surface area contributed by atoms with Crippen molar-refractivity contribution < 1.29 is 9.21 Å². The van der Waals surface area contributed by atoms with E-state index < -0.39 is 0 Å². The molecule has 1 aromatic heterocycles. The van der Waals surface area contributed by atoms with Crippen LogP contribution < -0.4 is 5.32 Å². The van der Waals surface area contributed by atoms with E-state index in [-0.39, 0.29) is 11.9 Å². The summed E-state index contributed by atoms with van der Waals surface area (Å²) in [6.07, 6.45) is 6.69. The van der Waals surface area contributed by atoms with Crippen LogP contribution in [0.2, 0.25) is 0 Å². The Morgan fingerprint density at radius 2 is 1.83 bits per heavy atom. The number of carbonyl (C=O) groups is 1. The Morgan fingerprint density at radius 3 is 2.46 bits per heavy atom. The topological polar surface area (TPSA) is 45.5 Å². The van der Waals surface area contributed by atoms with Gasteiger partial charge >= 0.3 is 0 Å². The Kier molecular flexibility index (Phi) is 6.10. The van der Waals surface area contributed by atoms with Crippen molar-refractivity contribution in [1.82, 2.24) is 10.2 Å². The second-order valence-corrected chi connectivity index (χ2v) is 7.11. The monoisotopic (exact) mass is 390 g/mol. The van der Waals surface area contributed by atoms with Crippen molar-refractivity contribution in [2.24, 2.45) is 0 Å². The van der Waals surface area contributed by atoms with E-state index in [1.54, 1.807) is 6.26 Å². The van der Waals surface area contributed by atoms with Gasteiger partial charge in [0.2, 0.25) is 0 Å². The van der Waals surface area contributed by atoms with E-state index in [0.717, 1.165) is 23.3 Å². The third-order valence-corrected chi connectivity index (χ3v) is 5.04. The summed E-state index contributed by atoms with van der Waals surface area (Å²) in [5, 5.41) is 3.07. The van der Waals surface area contributed by atoms with Gasteiger partial charge in [0, 0.05) is 16.6 Å². The summed E-state index contributed by atoms with van der Waals surface area (Å²) in [4.78, 5) is 14.8. The normalized spacial score (nSPS) is 17.2. The van der Waals surface area contributed by atoms with E-state index in [1.165, 1.54) is 25.7 Å². The molecule has 128 valence electrons. The largest absolute Gasteiger partial charge is 0.468 e. The predicted octanol–water partition coefficient (Wildman–Crippen LogP) is 4.39. The summed E-state index contributed by atoms with van der Waals surface area (Å²) in [7, 11) is 0. The van der Waals surface area contributed by atoms with E-state index >= 15 is 0 Å².